The van der Waals surface area contributed by atoms with Crippen molar-refractivity contribution in [1.29, 1.82) is 0 Å². The van der Waals surface area contributed by atoms with Crippen LogP contribution in [0.4, 0.5) is 5.95 Å². The van der Waals surface area contributed by atoms with Gasteiger partial charge in [-0.3, -0.25) is 19.4 Å². The van der Waals surface area contributed by atoms with Crippen LogP contribution in [0.3, 0.4) is 0 Å². The molecular formula is C19H22N6O2. The SMILES string of the molecule is CC(=O)N1CCN(c2ncc(-c3ccc4c(=O)n(C)[nH]c4c3)cn2)C(C)C1. The first-order chi connectivity index (χ1) is 12.9. The van der Waals surface area contributed by atoms with E-state index in [4.69, 9.17) is 0 Å². The van der Waals surface area contributed by atoms with E-state index >= 15 is 0 Å². The highest BCUT2D eigenvalue weighted by atomic mass is 16.2. The van der Waals surface area contributed by atoms with E-state index in [1.807, 2.05) is 23.1 Å². The number of rotatable bonds is 2. The highest BCUT2D eigenvalue weighted by Crippen LogP contribution is 2.23. The van der Waals surface area contributed by atoms with E-state index in [9.17, 15) is 9.59 Å². The van der Waals surface area contributed by atoms with Gasteiger partial charge >= 0.3 is 0 Å². The molecule has 1 aliphatic rings. The van der Waals surface area contributed by atoms with E-state index in [0.717, 1.165) is 23.2 Å². The summed E-state index contributed by atoms with van der Waals surface area (Å²) in [5.41, 5.74) is 2.59. The molecule has 0 aliphatic carbocycles. The summed E-state index contributed by atoms with van der Waals surface area (Å²) in [7, 11) is 1.70. The van der Waals surface area contributed by atoms with Crippen LogP contribution in [-0.4, -0.2) is 56.2 Å². The Morgan fingerprint density at radius 1 is 1.19 bits per heavy atom. The van der Waals surface area contributed by atoms with Crippen LogP contribution in [0.5, 0.6) is 0 Å². The molecule has 1 atom stereocenters. The molecule has 0 bridgehead atoms. The molecule has 140 valence electrons. The highest BCUT2D eigenvalue weighted by Gasteiger charge is 2.26. The van der Waals surface area contributed by atoms with Crippen molar-refractivity contribution in [3.63, 3.8) is 0 Å². The Morgan fingerprint density at radius 2 is 1.93 bits per heavy atom. The van der Waals surface area contributed by atoms with Gasteiger partial charge in [0.05, 0.1) is 10.9 Å². The van der Waals surface area contributed by atoms with Gasteiger partial charge in [-0.25, -0.2) is 9.97 Å². The summed E-state index contributed by atoms with van der Waals surface area (Å²) < 4.78 is 1.47. The molecule has 2 aromatic heterocycles. The second-order valence-electron chi connectivity index (χ2n) is 7.02. The number of piperazine rings is 1. The minimum Gasteiger partial charge on any atom is -0.339 e. The maximum Gasteiger partial charge on any atom is 0.274 e. The van der Waals surface area contributed by atoms with Crippen LogP contribution >= 0.6 is 0 Å². The van der Waals surface area contributed by atoms with Crippen molar-refractivity contribution in [2.24, 2.45) is 7.05 Å². The predicted octanol–water partition coefficient (Wildman–Crippen LogP) is 1.38. The predicted molar refractivity (Wildman–Crippen MR) is 104 cm³/mol. The third-order valence-corrected chi connectivity index (χ3v) is 5.14. The third kappa shape index (κ3) is 3.07. The Bertz CT molecular complexity index is 1050. The molecule has 3 aromatic rings. The fraction of sp³-hybridized carbons (Fsp3) is 0.368. The van der Waals surface area contributed by atoms with Crippen LogP contribution in [0.1, 0.15) is 13.8 Å². The second kappa shape index (κ2) is 6.53. The molecule has 4 rings (SSSR count). The van der Waals surface area contributed by atoms with Gasteiger partial charge in [-0.1, -0.05) is 6.07 Å². The van der Waals surface area contributed by atoms with Crippen LogP contribution in [-0.2, 0) is 11.8 Å². The largest absolute Gasteiger partial charge is 0.339 e. The van der Waals surface area contributed by atoms with Crippen molar-refractivity contribution < 1.29 is 4.79 Å². The van der Waals surface area contributed by atoms with Crippen LogP contribution < -0.4 is 10.5 Å². The first kappa shape index (κ1) is 17.3. The van der Waals surface area contributed by atoms with Crippen molar-refractivity contribution >= 4 is 22.8 Å². The van der Waals surface area contributed by atoms with Gasteiger partial charge in [-0.05, 0) is 24.6 Å². The fourth-order valence-corrected chi connectivity index (χ4v) is 3.57. The van der Waals surface area contributed by atoms with E-state index < -0.39 is 0 Å². The summed E-state index contributed by atoms with van der Waals surface area (Å²) >= 11 is 0. The normalized spacial score (nSPS) is 17.5. The van der Waals surface area contributed by atoms with E-state index in [1.165, 1.54) is 4.68 Å². The summed E-state index contributed by atoms with van der Waals surface area (Å²) in [5, 5.41) is 3.70. The monoisotopic (exact) mass is 366 g/mol. The van der Waals surface area contributed by atoms with Crippen LogP contribution in [0.25, 0.3) is 22.0 Å². The number of carbonyl (C=O) groups excluding carboxylic acids is 1. The lowest BCUT2D eigenvalue weighted by Crippen LogP contribution is -2.53. The molecule has 0 radical (unpaired) electrons. The van der Waals surface area contributed by atoms with Crippen molar-refractivity contribution in [1.82, 2.24) is 24.6 Å². The molecule has 0 spiro atoms. The summed E-state index contributed by atoms with van der Waals surface area (Å²) in [6.45, 7) is 5.76. The number of hydrogen-bond donors (Lipinski definition) is 1. The average molecular weight is 366 g/mol. The van der Waals surface area contributed by atoms with E-state index in [2.05, 4.69) is 26.9 Å². The molecular weight excluding hydrogens is 344 g/mol. The Balaban J connectivity index is 1.57. The van der Waals surface area contributed by atoms with E-state index in [0.29, 0.717) is 24.4 Å². The number of nitrogens with zero attached hydrogens (tertiary/aromatic N) is 5. The lowest BCUT2D eigenvalue weighted by Gasteiger charge is -2.39. The maximum atomic E-state index is 12.0. The Hall–Kier alpha value is -3.16. The number of anilines is 1. The van der Waals surface area contributed by atoms with Crippen molar-refractivity contribution in [3.05, 3.63) is 40.9 Å². The fourth-order valence-electron chi connectivity index (χ4n) is 3.57. The number of benzene rings is 1. The molecule has 1 N–H and O–H groups in total. The number of nitrogens with one attached hydrogen (secondary N) is 1. The third-order valence-electron chi connectivity index (χ3n) is 5.14. The van der Waals surface area contributed by atoms with E-state index in [1.54, 1.807) is 26.4 Å². The number of aryl methyl sites for hydroxylation is 1. The Kier molecular flexibility index (Phi) is 4.18. The Labute approximate surface area is 156 Å². The lowest BCUT2D eigenvalue weighted by atomic mass is 10.1. The van der Waals surface area contributed by atoms with Gasteiger partial charge in [0.1, 0.15) is 0 Å². The summed E-state index contributed by atoms with van der Waals surface area (Å²) in [4.78, 5) is 36.6. The smallest absolute Gasteiger partial charge is 0.274 e. The molecule has 1 aromatic carbocycles. The van der Waals surface area contributed by atoms with Crippen molar-refractivity contribution in [2.45, 2.75) is 19.9 Å². The van der Waals surface area contributed by atoms with Gasteiger partial charge in [0, 0.05) is 57.6 Å². The van der Waals surface area contributed by atoms with Crippen molar-refractivity contribution in [2.75, 3.05) is 24.5 Å². The molecule has 0 saturated carbocycles. The van der Waals surface area contributed by atoms with Gasteiger partial charge in [0.25, 0.3) is 5.56 Å². The number of aromatic amines is 1. The van der Waals surface area contributed by atoms with E-state index in [-0.39, 0.29) is 17.5 Å². The summed E-state index contributed by atoms with van der Waals surface area (Å²) in [6, 6.07) is 5.83. The molecule has 27 heavy (non-hydrogen) atoms. The Morgan fingerprint density at radius 3 is 2.59 bits per heavy atom. The summed E-state index contributed by atoms with van der Waals surface area (Å²) in [5.74, 6) is 0.774. The molecule has 1 saturated heterocycles. The van der Waals surface area contributed by atoms with Crippen LogP contribution in [0.15, 0.2) is 35.4 Å². The minimum absolute atomic E-state index is 0.0400. The molecule has 1 aliphatic heterocycles. The van der Waals surface area contributed by atoms with Gasteiger partial charge in [-0.2, -0.15) is 0 Å². The second-order valence-corrected chi connectivity index (χ2v) is 7.02. The number of H-pyrrole nitrogens is 1. The number of fused-ring (bicyclic) bond motifs is 1. The van der Waals surface area contributed by atoms with Gasteiger partial charge < -0.3 is 9.80 Å². The number of aromatic nitrogens is 4. The zero-order valence-corrected chi connectivity index (χ0v) is 15.6. The van der Waals surface area contributed by atoms with Crippen LogP contribution in [0.2, 0.25) is 0 Å². The zero-order chi connectivity index (χ0) is 19.1. The molecule has 1 fully saturated rings. The van der Waals surface area contributed by atoms with Gasteiger partial charge in [0.15, 0.2) is 0 Å². The minimum atomic E-state index is -0.0400. The standard InChI is InChI=1S/C19H22N6O2/c1-12-11-24(13(2)26)6-7-25(12)19-20-9-15(10-21-19)14-4-5-16-17(8-14)22-23(3)18(16)27/h4-5,8-10,12,22H,6-7,11H2,1-3H3. The lowest BCUT2D eigenvalue weighted by molar-refractivity contribution is -0.129. The topological polar surface area (TPSA) is 87.1 Å². The number of hydrogen-bond acceptors (Lipinski definition) is 5. The highest BCUT2D eigenvalue weighted by molar-refractivity contribution is 5.83. The molecule has 8 nitrogen and oxygen atoms in total. The molecule has 1 unspecified atom stereocenters. The first-order valence-corrected chi connectivity index (χ1v) is 8.97. The van der Waals surface area contributed by atoms with Crippen LogP contribution in [0, 0.1) is 0 Å². The van der Waals surface area contributed by atoms with Gasteiger partial charge in [-0.15, -0.1) is 0 Å². The maximum absolute atomic E-state index is 12.0. The summed E-state index contributed by atoms with van der Waals surface area (Å²) in [6.07, 6.45) is 3.60. The zero-order valence-electron chi connectivity index (χ0n) is 15.6. The quantitative estimate of drug-likeness (QED) is 0.740. The molecule has 1 amide bonds. The molecule has 8 heteroatoms. The van der Waals surface area contributed by atoms with Gasteiger partial charge in [0.2, 0.25) is 11.9 Å². The first-order valence-electron chi connectivity index (χ1n) is 8.97. The van der Waals surface area contributed by atoms with Crippen molar-refractivity contribution in [3.8, 4) is 11.1 Å². The average Bonchev–Trinajstić information content (AvgIpc) is 2.95. The number of carbonyl (C=O) groups is 1. The number of amides is 1. The molecule has 3 heterocycles.